The van der Waals surface area contributed by atoms with Crippen molar-refractivity contribution in [2.75, 3.05) is 0 Å². The highest BCUT2D eigenvalue weighted by Crippen LogP contribution is 2.28. The van der Waals surface area contributed by atoms with Crippen LogP contribution in [0.1, 0.15) is 45.4 Å². The molecule has 0 spiro atoms. The summed E-state index contributed by atoms with van der Waals surface area (Å²) in [6, 6.07) is 0.320. The zero-order valence-electron chi connectivity index (χ0n) is 7.97. The van der Waals surface area contributed by atoms with Crippen LogP contribution in [0.15, 0.2) is 0 Å². The van der Waals surface area contributed by atoms with E-state index in [0.29, 0.717) is 6.04 Å². The van der Waals surface area contributed by atoms with Crippen LogP contribution in [-0.2, 0) is 0 Å². The molecule has 0 aromatic rings. The van der Waals surface area contributed by atoms with E-state index in [4.69, 9.17) is 5.73 Å². The molecule has 2 N–H and O–H groups in total. The van der Waals surface area contributed by atoms with Gasteiger partial charge in [-0.05, 0) is 19.3 Å². The van der Waals surface area contributed by atoms with Gasteiger partial charge in [-0.15, -0.1) is 11.8 Å². The highest BCUT2D eigenvalue weighted by atomic mass is 14.6. The van der Waals surface area contributed by atoms with E-state index in [1.54, 1.807) is 0 Å². The quantitative estimate of drug-likeness (QED) is 0.638. The van der Waals surface area contributed by atoms with Gasteiger partial charge in [-0.3, -0.25) is 0 Å². The predicted octanol–water partition coefficient (Wildman–Crippen LogP) is 2.31. The molecule has 1 unspecified atom stereocenters. The summed E-state index contributed by atoms with van der Waals surface area (Å²) >= 11 is 0. The van der Waals surface area contributed by atoms with Crippen LogP contribution in [0.5, 0.6) is 0 Å². The van der Waals surface area contributed by atoms with Gasteiger partial charge in [0, 0.05) is 12.5 Å². The fourth-order valence-corrected chi connectivity index (χ4v) is 1.99. The molecular weight excluding hydrogens is 146 g/mol. The van der Waals surface area contributed by atoms with E-state index in [-0.39, 0.29) is 0 Å². The lowest BCUT2D eigenvalue weighted by molar-refractivity contribution is 0.446. The first kappa shape index (κ1) is 9.61. The first-order valence-electron chi connectivity index (χ1n) is 4.98. The summed E-state index contributed by atoms with van der Waals surface area (Å²) in [6.07, 6.45) is 7.69. The normalized spacial score (nSPS) is 20.2. The molecule has 0 saturated heterocycles. The van der Waals surface area contributed by atoms with Crippen LogP contribution in [0, 0.1) is 17.8 Å². The van der Waals surface area contributed by atoms with Gasteiger partial charge in [0.2, 0.25) is 0 Å². The van der Waals surface area contributed by atoms with Gasteiger partial charge in [-0.25, -0.2) is 0 Å². The van der Waals surface area contributed by atoms with Gasteiger partial charge in [0.15, 0.2) is 0 Å². The third-order valence-corrected chi connectivity index (χ3v) is 2.65. The van der Waals surface area contributed by atoms with Crippen molar-refractivity contribution in [3.8, 4) is 11.8 Å². The van der Waals surface area contributed by atoms with Crippen molar-refractivity contribution in [2.24, 2.45) is 11.7 Å². The zero-order chi connectivity index (χ0) is 8.81. The minimum atomic E-state index is 0.320. The van der Waals surface area contributed by atoms with Gasteiger partial charge in [0.05, 0.1) is 0 Å². The van der Waals surface area contributed by atoms with Gasteiger partial charge < -0.3 is 5.73 Å². The highest BCUT2D eigenvalue weighted by molar-refractivity contribution is 4.97. The Bertz CT molecular complexity index is 169. The molecule has 1 rings (SSSR count). The van der Waals surface area contributed by atoms with E-state index in [9.17, 15) is 0 Å². The molecule has 0 amide bonds. The maximum absolute atomic E-state index is 5.94. The third-order valence-electron chi connectivity index (χ3n) is 2.65. The van der Waals surface area contributed by atoms with Crippen LogP contribution in [0.25, 0.3) is 0 Å². The molecule has 0 aliphatic heterocycles. The molecule has 1 aliphatic carbocycles. The number of rotatable bonds is 3. The van der Waals surface area contributed by atoms with Crippen LogP contribution in [0.3, 0.4) is 0 Å². The maximum Gasteiger partial charge on any atom is 0.0241 e. The topological polar surface area (TPSA) is 26.0 Å². The van der Waals surface area contributed by atoms with Crippen LogP contribution in [0.2, 0.25) is 0 Å². The molecule has 0 bridgehead atoms. The third kappa shape index (κ3) is 3.28. The van der Waals surface area contributed by atoms with Crippen LogP contribution < -0.4 is 5.73 Å². The molecule has 1 aliphatic rings. The zero-order valence-corrected chi connectivity index (χ0v) is 7.97. The van der Waals surface area contributed by atoms with E-state index < -0.39 is 0 Å². The SMILES string of the molecule is CC#CCC(N)CC1CCCC1. The molecule has 1 nitrogen and oxygen atoms in total. The molecular formula is C11H19N. The summed E-state index contributed by atoms with van der Waals surface area (Å²) in [5.41, 5.74) is 5.94. The fraction of sp³-hybridized carbons (Fsp3) is 0.818. The van der Waals surface area contributed by atoms with Crippen molar-refractivity contribution in [1.29, 1.82) is 0 Å². The Balaban J connectivity index is 2.14. The largest absolute Gasteiger partial charge is 0.327 e. The lowest BCUT2D eigenvalue weighted by atomic mass is 9.97. The van der Waals surface area contributed by atoms with Crippen LogP contribution >= 0.6 is 0 Å². The lowest BCUT2D eigenvalue weighted by Gasteiger charge is -2.13. The molecule has 0 radical (unpaired) electrons. The summed E-state index contributed by atoms with van der Waals surface area (Å²) in [7, 11) is 0. The van der Waals surface area contributed by atoms with Gasteiger partial charge in [-0.2, -0.15) is 0 Å². The predicted molar refractivity (Wildman–Crippen MR) is 52.6 cm³/mol. The van der Waals surface area contributed by atoms with Crippen molar-refractivity contribution in [2.45, 2.75) is 51.5 Å². The minimum Gasteiger partial charge on any atom is -0.327 e. The second-order valence-corrected chi connectivity index (χ2v) is 3.78. The first-order valence-corrected chi connectivity index (χ1v) is 4.98. The van der Waals surface area contributed by atoms with Crippen molar-refractivity contribution in [3.05, 3.63) is 0 Å². The monoisotopic (exact) mass is 165 g/mol. The number of nitrogens with two attached hydrogens (primary N) is 1. The molecule has 0 aromatic heterocycles. The molecule has 12 heavy (non-hydrogen) atoms. The van der Waals surface area contributed by atoms with E-state index in [1.165, 1.54) is 32.1 Å². The lowest BCUT2D eigenvalue weighted by Crippen LogP contribution is -2.22. The maximum atomic E-state index is 5.94. The fourth-order valence-electron chi connectivity index (χ4n) is 1.99. The first-order chi connectivity index (χ1) is 5.83. The van der Waals surface area contributed by atoms with Gasteiger partial charge in [0.25, 0.3) is 0 Å². The smallest absolute Gasteiger partial charge is 0.0241 e. The Kier molecular flexibility index (Phi) is 4.18. The van der Waals surface area contributed by atoms with Gasteiger partial charge in [0.1, 0.15) is 0 Å². The van der Waals surface area contributed by atoms with E-state index in [0.717, 1.165) is 12.3 Å². The van der Waals surface area contributed by atoms with Crippen LogP contribution in [-0.4, -0.2) is 6.04 Å². The molecule has 1 saturated carbocycles. The average Bonchev–Trinajstić information content (AvgIpc) is 2.53. The van der Waals surface area contributed by atoms with Gasteiger partial charge >= 0.3 is 0 Å². The number of hydrogen-bond acceptors (Lipinski definition) is 1. The highest BCUT2D eigenvalue weighted by Gasteiger charge is 2.17. The second kappa shape index (κ2) is 5.22. The van der Waals surface area contributed by atoms with Crippen molar-refractivity contribution in [3.63, 3.8) is 0 Å². The molecule has 1 fully saturated rings. The Labute approximate surface area is 75.7 Å². The Hall–Kier alpha value is -0.480. The summed E-state index contributed by atoms with van der Waals surface area (Å²) < 4.78 is 0. The van der Waals surface area contributed by atoms with E-state index >= 15 is 0 Å². The standard InChI is InChI=1S/C11H19N/c1-2-3-8-11(12)9-10-6-4-5-7-10/h10-11H,4-9,12H2,1H3. The Morgan fingerprint density at radius 1 is 1.42 bits per heavy atom. The summed E-state index contributed by atoms with van der Waals surface area (Å²) in [5, 5.41) is 0. The van der Waals surface area contributed by atoms with Crippen molar-refractivity contribution >= 4 is 0 Å². The van der Waals surface area contributed by atoms with E-state index in [2.05, 4.69) is 11.8 Å². The van der Waals surface area contributed by atoms with Crippen LogP contribution in [0.4, 0.5) is 0 Å². The number of hydrogen-bond donors (Lipinski definition) is 1. The summed E-state index contributed by atoms with van der Waals surface area (Å²) in [4.78, 5) is 0. The van der Waals surface area contributed by atoms with E-state index in [1.807, 2.05) is 6.92 Å². The summed E-state index contributed by atoms with van der Waals surface area (Å²) in [6.45, 7) is 1.88. The molecule has 0 heterocycles. The average molecular weight is 165 g/mol. The van der Waals surface area contributed by atoms with Crippen molar-refractivity contribution in [1.82, 2.24) is 0 Å². The Morgan fingerprint density at radius 3 is 2.67 bits per heavy atom. The van der Waals surface area contributed by atoms with Crippen molar-refractivity contribution < 1.29 is 0 Å². The Morgan fingerprint density at radius 2 is 2.08 bits per heavy atom. The molecule has 1 heteroatoms. The summed E-state index contributed by atoms with van der Waals surface area (Å²) in [5.74, 6) is 6.84. The molecule has 0 aromatic carbocycles. The molecule has 1 atom stereocenters. The van der Waals surface area contributed by atoms with Gasteiger partial charge in [-0.1, -0.05) is 25.7 Å². The second-order valence-electron chi connectivity index (χ2n) is 3.78. The minimum absolute atomic E-state index is 0.320. The molecule has 68 valence electrons.